The van der Waals surface area contributed by atoms with Crippen LogP contribution in [0.3, 0.4) is 0 Å². The van der Waals surface area contributed by atoms with Gasteiger partial charge in [-0.2, -0.15) is 0 Å². The van der Waals surface area contributed by atoms with Crippen LogP contribution in [0.4, 0.5) is 0 Å². The van der Waals surface area contributed by atoms with Crippen molar-refractivity contribution in [2.45, 2.75) is 26.2 Å². The van der Waals surface area contributed by atoms with Crippen LogP contribution >= 0.6 is 0 Å². The zero-order chi connectivity index (χ0) is 7.94. The molecule has 2 heteroatoms. The van der Waals surface area contributed by atoms with E-state index in [9.17, 15) is 0 Å². The summed E-state index contributed by atoms with van der Waals surface area (Å²) in [6.07, 6.45) is 3.83. The Bertz CT molecular complexity index is 89.6. The standard InChI is InChI=1S/C9H19NO/c1-2-3-5-10-7-9-4-6-11-8-9/h9-10H,2-8H2,1H3/t9-/m0/s1. The van der Waals surface area contributed by atoms with Crippen LogP contribution < -0.4 is 5.32 Å². The fourth-order valence-electron chi connectivity index (χ4n) is 1.35. The molecular weight excluding hydrogens is 138 g/mol. The maximum absolute atomic E-state index is 5.27. The molecule has 11 heavy (non-hydrogen) atoms. The van der Waals surface area contributed by atoms with Crippen LogP contribution in [0.5, 0.6) is 0 Å². The summed E-state index contributed by atoms with van der Waals surface area (Å²) in [4.78, 5) is 0. The maximum Gasteiger partial charge on any atom is 0.0507 e. The van der Waals surface area contributed by atoms with Gasteiger partial charge in [-0.1, -0.05) is 13.3 Å². The molecule has 1 aliphatic rings. The second kappa shape index (κ2) is 5.56. The zero-order valence-corrected chi connectivity index (χ0v) is 7.44. The maximum atomic E-state index is 5.27. The van der Waals surface area contributed by atoms with Gasteiger partial charge in [0.25, 0.3) is 0 Å². The summed E-state index contributed by atoms with van der Waals surface area (Å²) in [5.41, 5.74) is 0. The topological polar surface area (TPSA) is 21.3 Å². The van der Waals surface area contributed by atoms with Gasteiger partial charge in [-0.25, -0.2) is 0 Å². The molecule has 2 nitrogen and oxygen atoms in total. The van der Waals surface area contributed by atoms with Crippen molar-refractivity contribution in [1.29, 1.82) is 0 Å². The molecule has 1 saturated heterocycles. The summed E-state index contributed by atoms with van der Waals surface area (Å²) in [6.45, 7) is 6.49. The van der Waals surface area contributed by atoms with Crippen molar-refractivity contribution in [3.05, 3.63) is 0 Å². The fraction of sp³-hybridized carbons (Fsp3) is 1.00. The van der Waals surface area contributed by atoms with E-state index in [1.165, 1.54) is 25.8 Å². The molecular formula is C9H19NO. The molecule has 0 aromatic heterocycles. The third-order valence-corrected chi connectivity index (χ3v) is 2.16. The Kier molecular flexibility index (Phi) is 4.55. The Morgan fingerprint density at radius 1 is 1.55 bits per heavy atom. The summed E-state index contributed by atoms with van der Waals surface area (Å²) in [5.74, 6) is 0.784. The van der Waals surface area contributed by atoms with E-state index < -0.39 is 0 Å². The Hall–Kier alpha value is -0.0800. The van der Waals surface area contributed by atoms with E-state index in [1.807, 2.05) is 0 Å². The molecule has 0 radical (unpaired) electrons. The van der Waals surface area contributed by atoms with Gasteiger partial charge < -0.3 is 10.1 Å². The molecule has 1 rings (SSSR count). The monoisotopic (exact) mass is 157 g/mol. The van der Waals surface area contributed by atoms with E-state index in [0.29, 0.717) is 0 Å². The van der Waals surface area contributed by atoms with Crippen molar-refractivity contribution in [2.75, 3.05) is 26.3 Å². The minimum atomic E-state index is 0.784. The lowest BCUT2D eigenvalue weighted by atomic mass is 10.1. The van der Waals surface area contributed by atoms with Gasteiger partial charge in [-0.05, 0) is 25.3 Å². The van der Waals surface area contributed by atoms with Crippen molar-refractivity contribution >= 4 is 0 Å². The van der Waals surface area contributed by atoms with Crippen molar-refractivity contribution in [1.82, 2.24) is 5.32 Å². The van der Waals surface area contributed by atoms with E-state index in [4.69, 9.17) is 4.74 Å². The lowest BCUT2D eigenvalue weighted by Crippen LogP contribution is -2.23. The van der Waals surface area contributed by atoms with Gasteiger partial charge >= 0.3 is 0 Å². The highest BCUT2D eigenvalue weighted by atomic mass is 16.5. The van der Waals surface area contributed by atoms with Crippen molar-refractivity contribution in [3.63, 3.8) is 0 Å². The number of hydrogen-bond acceptors (Lipinski definition) is 2. The van der Waals surface area contributed by atoms with Gasteiger partial charge in [-0.15, -0.1) is 0 Å². The molecule has 0 aliphatic carbocycles. The van der Waals surface area contributed by atoms with Crippen LogP contribution in [-0.2, 0) is 4.74 Å². The van der Waals surface area contributed by atoms with Gasteiger partial charge in [0.15, 0.2) is 0 Å². The van der Waals surface area contributed by atoms with E-state index in [2.05, 4.69) is 12.2 Å². The van der Waals surface area contributed by atoms with Crippen LogP contribution in [0.15, 0.2) is 0 Å². The Morgan fingerprint density at radius 3 is 3.09 bits per heavy atom. The lowest BCUT2D eigenvalue weighted by Gasteiger charge is -2.07. The van der Waals surface area contributed by atoms with Gasteiger partial charge in [-0.3, -0.25) is 0 Å². The number of nitrogens with one attached hydrogen (secondary N) is 1. The molecule has 0 bridgehead atoms. The molecule has 1 aliphatic heterocycles. The quantitative estimate of drug-likeness (QED) is 0.609. The van der Waals surface area contributed by atoms with Crippen LogP contribution in [0.2, 0.25) is 0 Å². The molecule has 0 spiro atoms. The minimum absolute atomic E-state index is 0.784. The normalized spacial score (nSPS) is 24.3. The second-order valence-corrected chi connectivity index (χ2v) is 3.29. The summed E-state index contributed by atoms with van der Waals surface area (Å²) in [5, 5.41) is 3.45. The summed E-state index contributed by atoms with van der Waals surface area (Å²) in [6, 6.07) is 0. The Morgan fingerprint density at radius 2 is 2.45 bits per heavy atom. The van der Waals surface area contributed by atoms with Gasteiger partial charge in [0.1, 0.15) is 0 Å². The van der Waals surface area contributed by atoms with Crippen LogP contribution in [0.1, 0.15) is 26.2 Å². The predicted molar refractivity (Wildman–Crippen MR) is 46.7 cm³/mol. The highest BCUT2D eigenvalue weighted by molar-refractivity contribution is 4.66. The number of unbranched alkanes of at least 4 members (excludes halogenated alkanes) is 1. The van der Waals surface area contributed by atoms with Crippen LogP contribution in [0, 0.1) is 5.92 Å². The van der Waals surface area contributed by atoms with Gasteiger partial charge in [0.2, 0.25) is 0 Å². The highest BCUT2D eigenvalue weighted by Gasteiger charge is 2.13. The Balaban J connectivity index is 1.86. The molecule has 1 fully saturated rings. The van der Waals surface area contributed by atoms with E-state index in [0.717, 1.165) is 25.7 Å². The summed E-state index contributed by atoms with van der Waals surface area (Å²) in [7, 11) is 0. The average molecular weight is 157 g/mol. The number of rotatable bonds is 5. The van der Waals surface area contributed by atoms with Crippen molar-refractivity contribution in [2.24, 2.45) is 5.92 Å². The number of ether oxygens (including phenoxy) is 1. The molecule has 0 saturated carbocycles. The smallest absolute Gasteiger partial charge is 0.0507 e. The highest BCUT2D eigenvalue weighted by Crippen LogP contribution is 2.10. The zero-order valence-electron chi connectivity index (χ0n) is 7.44. The second-order valence-electron chi connectivity index (χ2n) is 3.29. The van der Waals surface area contributed by atoms with Crippen LogP contribution in [-0.4, -0.2) is 26.3 Å². The Labute approximate surface area is 69.3 Å². The average Bonchev–Trinajstić information content (AvgIpc) is 2.50. The molecule has 66 valence electrons. The molecule has 0 amide bonds. The van der Waals surface area contributed by atoms with Gasteiger partial charge in [0.05, 0.1) is 6.61 Å². The molecule has 0 aromatic carbocycles. The molecule has 0 unspecified atom stereocenters. The first-order valence-corrected chi connectivity index (χ1v) is 4.72. The summed E-state index contributed by atoms with van der Waals surface area (Å²) < 4.78 is 5.27. The van der Waals surface area contributed by atoms with Gasteiger partial charge in [0, 0.05) is 13.2 Å². The van der Waals surface area contributed by atoms with E-state index >= 15 is 0 Å². The molecule has 1 atom stereocenters. The largest absolute Gasteiger partial charge is 0.381 e. The van der Waals surface area contributed by atoms with Crippen LogP contribution in [0.25, 0.3) is 0 Å². The first kappa shape index (κ1) is 9.01. The fourth-order valence-corrected chi connectivity index (χ4v) is 1.35. The first-order valence-electron chi connectivity index (χ1n) is 4.72. The van der Waals surface area contributed by atoms with E-state index in [1.54, 1.807) is 0 Å². The third kappa shape index (κ3) is 3.73. The SMILES string of the molecule is CCCCNC[C@@H]1CCOC1. The third-order valence-electron chi connectivity index (χ3n) is 2.16. The number of hydrogen-bond donors (Lipinski definition) is 1. The minimum Gasteiger partial charge on any atom is -0.381 e. The van der Waals surface area contributed by atoms with Crippen molar-refractivity contribution < 1.29 is 4.74 Å². The van der Waals surface area contributed by atoms with Crippen molar-refractivity contribution in [3.8, 4) is 0 Å². The predicted octanol–water partition coefficient (Wildman–Crippen LogP) is 1.41. The molecule has 0 aromatic rings. The molecule has 1 heterocycles. The first-order chi connectivity index (χ1) is 5.43. The summed E-state index contributed by atoms with van der Waals surface area (Å²) >= 11 is 0. The molecule has 1 N–H and O–H groups in total. The van der Waals surface area contributed by atoms with E-state index in [-0.39, 0.29) is 0 Å². The lowest BCUT2D eigenvalue weighted by molar-refractivity contribution is 0.185.